The van der Waals surface area contributed by atoms with Crippen LogP contribution in [0.1, 0.15) is 52.9 Å². The number of carbonyl (C=O) groups is 5. The smallest absolute Gasteiger partial charge is 0.326 e. The van der Waals surface area contributed by atoms with Crippen molar-refractivity contribution in [1.29, 1.82) is 0 Å². The van der Waals surface area contributed by atoms with Gasteiger partial charge in [0.05, 0.1) is 6.42 Å². The third kappa shape index (κ3) is 9.00. The number of esters is 1. The standard InChI is InChI=1S/C23H36N4O6S/c1-4-7-16-21(30)26-17-9-11-34-10-6-5-8-15(12-18(28)25-16)33-19(29)13-24-23(32)20(14(2)3)27-22(17)31/h5,8,14-17,20H,4,6-7,9-13H2,1-3H3,(H,24,32)(H,25,28)(H,26,30)(H,27,31)/b8-5+/t15?,16-,17?,20-/m1/s1. The lowest BCUT2D eigenvalue weighted by Crippen LogP contribution is -2.58. The van der Waals surface area contributed by atoms with Gasteiger partial charge in [-0.15, -0.1) is 0 Å². The number of thioether (sulfide) groups is 1. The molecule has 0 radical (unpaired) electrons. The number of ether oxygens (including phenoxy) is 1. The molecule has 2 aliphatic rings. The van der Waals surface area contributed by atoms with Crippen molar-refractivity contribution in [1.82, 2.24) is 21.3 Å². The second-order valence-electron chi connectivity index (χ2n) is 8.77. The van der Waals surface area contributed by atoms with Crippen molar-refractivity contribution in [3.05, 3.63) is 12.2 Å². The summed E-state index contributed by atoms with van der Waals surface area (Å²) in [5.74, 6) is -1.49. The lowest BCUT2D eigenvalue weighted by atomic mass is 10.0. The number of amides is 4. The normalized spacial score (nSPS) is 29.2. The molecule has 4 amide bonds. The molecule has 0 spiro atoms. The van der Waals surface area contributed by atoms with Gasteiger partial charge in [-0.05, 0) is 42.8 Å². The molecule has 10 nitrogen and oxygen atoms in total. The Labute approximate surface area is 204 Å². The molecule has 1 saturated heterocycles. The lowest BCUT2D eigenvalue weighted by molar-refractivity contribution is -0.148. The molecule has 34 heavy (non-hydrogen) atoms. The number of hydrogen-bond donors (Lipinski definition) is 4. The fraction of sp³-hybridized carbons (Fsp3) is 0.696. The molecule has 0 aliphatic carbocycles. The van der Waals surface area contributed by atoms with E-state index in [1.807, 2.05) is 13.0 Å². The van der Waals surface area contributed by atoms with E-state index in [1.165, 1.54) is 0 Å². The van der Waals surface area contributed by atoms with Crippen molar-refractivity contribution in [2.24, 2.45) is 5.92 Å². The molecule has 0 saturated carbocycles. The SMILES string of the molecule is CCC[C@H]1NC(=O)CC2/C=C/CCSCCC(NC1=O)C(=O)N[C@H](C(C)C)C(=O)NCC(=O)O2. The molecule has 190 valence electrons. The van der Waals surface area contributed by atoms with Gasteiger partial charge < -0.3 is 26.0 Å². The van der Waals surface area contributed by atoms with E-state index in [4.69, 9.17) is 4.74 Å². The third-order valence-electron chi connectivity index (χ3n) is 5.52. The number of allylic oxidation sites excluding steroid dienone is 1. The van der Waals surface area contributed by atoms with Gasteiger partial charge in [0.25, 0.3) is 0 Å². The Balaban J connectivity index is 2.43. The fourth-order valence-electron chi connectivity index (χ4n) is 3.65. The Morgan fingerprint density at radius 1 is 1.03 bits per heavy atom. The molecule has 4 N–H and O–H groups in total. The van der Waals surface area contributed by atoms with Crippen LogP contribution in [0.4, 0.5) is 0 Å². The van der Waals surface area contributed by atoms with Crippen molar-refractivity contribution in [3.63, 3.8) is 0 Å². The molecule has 11 heteroatoms. The minimum Gasteiger partial charge on any atom is -0.456 e. The molecule has 0 aromatic carbocycles. The van der Waals surface area contributed by atoms with E-state index in [-0.39, 0.29) is 12.3 Å². The Morgan fingerprint density at radius 3 is 2.50 bits per heavy atom. The minimum absolute atomic E-state index is 0.157. The zero-order valence-corrected chi connectivity index (χ0v) is 20.9. The highest BCUT2D eigenvalue weighted by Gasteiger charge is 2.31. The first-order valence-electron chi connectivity index (χ1n) is 11.8. The van der Waals surface area contributed by atoms with Crippen molar-refractivity contribution < 1.29 is 28.7 Å². The Morgan fingerprint density at radius 2 is 1.79 bits per heavy atom. The summed E-state index contributed by atoms with van der Waals surface area (Å²) in [5.41, 5.74) is 0. The molecule has 1 fully saturated rings. The van der Waals surface area contributed by atoms with Gasteiger partial charge in [-0.2, -0.15) is 11.8 Å². The van der Waals surface area contributed by atoms with E-state index in [9.17, 15) is 24.0 Å². The van der Waals surface area contributed by atoms with Crippen molar-refractivity contribution in [2.75, 3.05) is 18.1 Å². The molecule has 2 heterocycles. The number of rotatable bonds is 3. The molecule has 2 unspecified atom stereocenters. The summed E-state index contributed by atoms with van der Waals surface area (Å²) >= 11 is 1.63. The van der Waals surface area contributed by atoms with Gasteiger partial charge in [0, 0.05) is 0 Å². The first kappa shape index (κ1) is 27.7. The van der Waals surface area contributed by atoms with Gasteiger partial charge in [-0.1, -0.05) is 33.3 Å². The molecular formula is C23H36N4O6S. The predicted molar refractivity (Wildman–Crippen MR) is 129 cm³/mol. The highest BCUT2D eigenvalue weighted by atomic mass is 32.2. The van der Waals surface area contributed by atoms with E-state index >= 15 is 0 Å². The second-order valence-corrected chi connectivity index (χ2v) is 9.99. The zero-order chi connectivity index (χ0) is 25.1. The molecule has 0 aromatic heterocycles. The number of fused-ring (bicyclic) bond motifs is 7. The lowest BCUT2D eigenvalue weighted by Gasteiger charge is -2.27. The van der Waals surface area contributed by atoms with Crippen LogP contribution in [0.3, 0.4) is 0 Å². The van der Waals surface area contributed by atoms with E-state index in [1.54, 1.807) is 31.7 Å². The zero-order valence-electron chi connectivity index (χ0n) is 20.1. The molecule has 2 bridgehead atoms. The van der Waals surface area contributed by atoms with Crippen molar-refractivity contribution in [2.45, 2.75) is 77.1 Å². The van der Waals surface area contributed by atoms with Crippen LogP contribution < -0.4 is 21.3 Å². The maximum atomic E-state index is 13.1. The molecule has 2 aliphatic heterocycles. The van der Waals surface area contributed by atoms with Gasteiger partial charge in [0.2, 0.25) is 23.6 Å². The highest BCUT2D eigenvalue weighted by Crippen LogP contribution is 2.12. The van der Waals surface area contributed by atoms with Crippen LogP contribution in [0.2, 0.25) is 0 Å². The van der Waals surface area contributed by atoms with Crippen molar-refractivity contribution in [3.8, 4) is 0 Å². The first-order valence-corrected chi connectivity index (χ1v) is 13.0. The van der Waals surface area contributed by atoms with Gasteiger partial charge in [0.1, 0.15) is 30.8 Å². The van der Waals surface area contributed by atoms with Crippen LogP contribution >= 0.6 is 11.8 Å². The van der Waals surface area contributed by atoms with Crippen LogP contribution in [-0.4, -0.2) is 71.9 Å². The summed E-state index contributed by atoms with van der Waals surface area (Å²) in [7, 11) is 0. The van der Waals surface area contributed by atoms with Crippen LogP contribution in [0.25, 0.3) is 0 Å². The van der Waals surface area contributed by atoms with E-state index in [2.05, 4.69) is 21.3 Å². The van der Waals surface area contributed by atoms with Crippen molar-refractivity contribution >= 4 is 41.4 Å². The number of carbonyl (C=O) groups excluding carboxylic acids is 5. The second kappa shape index (κ2) is 14.0. The van der Waals surface area contributed by atoms with Gasteiger partial charge in [0.15, 0.2) is 0 Å². The third-order valence-corrected chi connectivity index (χ3v) is 6.56. The quantitative estimate of drug-likeness (QED) is 0.327. The molecule has 2 rings (SSSR count). The largest absolute Gasteiger partial charge is 0.456 e. The van der Waals surface area contributed by atoms with E-state index in [0.717, 1.165) is 5.75 Å². The average molecular weight is 497 g/mol. The summed E-state index contributed by atoms with van der Waals surface area (Å²) < 4.78 is 5.43. The Kier molecular flexibility index (Phi) is 11.4. The fourth-order valence-corrected chi connectivity index (χ4v) is 4.56. The number of nitrogens with one attached hydrogen (secondary N) is 4. The molecular weight excluding hydrogens is 460 g/mol. The summed E-state index contributed by atoms with van der Waals surface area (Å²) in [4.78, 5) is 64.0. The summed E-state index contributed by atoms with van der Waals surface area (Å²) in [6, 6.07) is -2.59. The summed E-state index contributed by atoms with van der Waals surface area (Å²) in [6.07, 6.45) is 4.61. The van der Waals surface area contributed by atoms with Gasteiger partial charge in [-0.3, -0.25) is 24.0 Å². The maximum absolute atomic E-state index is 13.1. The summed E-state index contributed by atoms with van der Waals surface area (Å²) in [5, 5.41) is 10.7. The first-order chi connectivity index (χ1) is 16.2. The molecule has 4 atom stereocenters. The van der Waals surface area contributed by atoms with E-state index in [0.29, 0.717) is 31.4 Å². The van der Waals surface area contributed by atoms with Crippen LogP contribution in [-0.2, 0) is 28.7 Å². The molecule has 0 aromatic rings. The van der Waals surface area contributed by atoms with Crippen LogP contribution in [0, 0.1) is 5.92 Å². The Bertz CT molecular complexity index is 787. The van der Waals surface area contributed by atoms with E-state index < -0.39 is 60.4 Å². The van der Waals surface area contributed by atoms with Gasteiger partial charge >= 0.3 is 5.97 Å². The Hall–Kier alpha value is -2.56. The summed E-state index contributed by atoms with van der Waals surface area (Å²) in [6.45, 7) is 5.06. The topological polar surface area (TPSA) is 143 Å². The number of hydrogen-bond acceptors (Lipinski definition) is 7. The predicted octanol–water partition coefficient (Wildman–Crippen LogP) is 0.412. The maximum Gasteiger partial charge on any atom is 0.326 e. The minimum atomic E-state index is -0.891. The van der Waals surface area contributed by atoms with Crippen LogP contribution in [0.15, 0.2) is 12.2 Å². The highest BCUT2D eigenvalue weighted by molar-refractivity contribution is 7.99. The van der Waals surface area contributed by atoms with Gasteiger partial charge in [-0.25, -0.2) is 0 Å². The average Bonchev–Trinajstić information content (AvgIpc) is 2.77. The van der Waals surface area contributed by atoms with Crippen LogP contribution in [0.5, 0.6) is 0 Å². The monoisotopic (exact) mass is 496 g/mol.